The average Bonchev–Trinajstić information content (AvgIpc) is 2.12. The van der Waals surface area contributed by atoms with Crippen molar-refractivity contribution in [1.29, 1.82) is 0 Å². The highest BCUT2D eigenvalue weighted by atomic mass is 32.2. The third-order valence-electron chi connectivity index (χ3n) is 1.73. The fourth-order valence-electron chi connectivity index (χ4n) is 1.24. The lowest BCUT2D eigenvalue weighted by atomic mass is 10.1. The van der Waals surface area contributed by atoms with Crippen molar-refractivity contribution in [3.63, 3.8) is 0 Å². The van der Waals surface area contributed by atoms with Crippen molar-refractivity contribution in [3.05, 3.63) is 0 Å². The molecule has 1 heterocycles. The maximum Gasteiger partial charge on any atom is 0.150 e. The Kier molecular flexibility index (Phi) is 2.31. The fourth-order valence-corrected chi connectivity index (χ4v) is 3.08. The van der Waals surface area contributed by atoms with Crippen LogP contribution in [0.3, 0.4) is 0 Å². The molecule has 0 amide bonds. The van der Waals surface area contributed by atoms with Crippen LogP contribution in [-0.2, 0) is 14.6 Å². The van der Waals surface area contributed by atoms with Crippen molar-refractivity contribution in [3.8, 4) is 0 Å². The molecule has 0 spiro atoms. The zero-order chi connectivity index (χ0) is 7.61. The quantitative estimate of drug-likeness (QED) is 0.580. The molecule has 60 valence electrons. The van der Waals surface area contributed by atoms with Crippen molar-refractivity contribution < 1.29 is 13.2 Å². The second-order valence-corrected chi connectivity index (χ2v) is 4.95. The van der Waals surface area contributed by atoms with Gasteiger partial charge in [0, 0.05) is 7.11 Å². The minimum Gasteiger partial charge on any atom is -0.384 e. The highest BCUT2D eigenvalue weighted by molar-refractivity contribution is 7.91. The van der Waals surface area contributed by atoms with Crippen LogP contribution in [0, 0.1) is 5.92 Å². The normalized spacial score (nSPS) is 30.7. The van der Waals surface area contributed by atoms with E-state index >= 15 is 0 Å². The molecule has 0 radical (unpaired) electrons. The summed E-state index contributed by atoms with van der Waals surface area (Å²) in [7, 11) is -1.10. The number of hydrogen-bond donors (Lipinski definition) is 0. The van der Waals surface area contributed by atoms with E-state index in [0.29, 0.717) is 18.1 Å². The first kappa shape index (κ1) is 8.01. The van der Waals surface area contributed by atoms with Crippen LogP contribution in [-0.4, -0.2) is 33.6 Å². The van der Waals surface area contributed by atoms with Crippen LogP contribution >= 0.6 is 0 Å². The van der Waals surface area contributed by atoms with Gasteiger partial charge in [-0.15, -0.1) is 0 Å². The number of rotatable bonds is 2. The Bertz CT molecular complexity index is 195. The van der Waals surface area contributed by atoms with Gasteiger partial charge >= 0.3 is 0 Å². The average molecular weight is 164 g/mol. The first-order valence-corrected chi connectivity index (χ1v) is 5.15. The molecule has 1 atom stereocenters. The molecule has 0 aromatic carbocycles. The van der Waals surface area contributed by atoms with Crippen LogP contribution < -0.4 is 0 Å². The predicted molar refractivity (Wildman–Crippen MR) is 38.6 cm³/mol. The maximum absolute atomic E-state index is 10.9. The van der Waals surface area contributed by atoms with Crippen molar-refractivity contribution in [2.45, 2.75) is 6.42 Å². The zero-order valence-corrected chi connectivity index (χ0v) is 6.86. The van der Waals surface area contributed by atoms with E-state index in [4.69, 9.17) is 4.74 Å². The zero-order valence-electron chi connectivity index (χ0n) is 6.04. The molecule has 3 nitrogen and oxygen atoms in total. The van der Waals surface area contributed by atoms with Gasteiger partial charge in [0.2, 0.25) is 0 Å². The molecule has 0 bridgehead atoms. The third kappa shape index (κ3) is 1.95. The summed E-state index contributed by atoms with van der Waals surface area (Å²) < 4.78 is 26.6. The Morgan fingerprint density at radius 3 is 2.70 bits per heavy atom. The van der Waals surface area contributed by atoms with Gasteiger partial charge in [0.05, 0.1) is 18.1 Å². The standard InChI is InChI=1S/C6H12O3S/c1-9-4-6-2-3-10(7,8)5-6/h6H,2-5H2,1H3. The molecule has 1 unspecified atom stereocenters. The summed E-state index contributed by atoms with van der Waals surface area (Å²) in [6.07, 6.45) is 0.774. The second kappa shape index (κ2) is 2.88. The number of ether oxygens (including phenoxy) is 1. The van der Waals surface area contributed by atoms with Gasteiger partial charge in [0.1, 0.15) is 0 Å². The largest absolute Gasteiger partial charge is 0.384 e. The van der Waals surface area contributed by atoms with Gasteiger partial charge in [-0.05, 0) is 12.3 Å². The topological polar surface area (TPSA) is 43.4 Å². The first-order chi connectivity index (χ1) is 4.64. The third-order valence-corrected chi connectivity index (χ3v) is 3.57. The smallest absolute Gasteiger partial charge is 0.150 e. The van der Waals surface area contributed by atoms with Gasteiger partial charge in [0.15, 0.2) is 9.84 Å². The minimum absolute atomic E-state index is 0.245. The molecule has 1 rings (SSSR count). The predicted octanol–water partition coefficient (Wildman–Crippen LogP) is 0.0675. The van der Waals surface area contributed by atoms with Crippen molar-refractivity contribution in [2.75, 3.05) is 25.2 Å². The van der Waals surface area contributed by atoms with Crippen molar-refractivity contribution in [2.24, 2.45) is 5.92 Å². The first-order valence-electron chi connectivity index (χ1n) is 3.33. The Labute approximate surface area is 61.3 Å². The van der Waals surface area contributed by atoms with Gasteiger partial charge in [0.25, 0.3) is 0 Å². The lowest BCUT2D eigenvalue weighted by Gasteiger charge is -2.02. The summed E-state index contributed by atoms with van der Waals surface area (Å²) in [4.78, 5) is 0. The number of sulfone groups is 1. The highest BCUT2D eigenvalue weighted by Crippen LogP contribution is 2.17. The summed E-state index contributed by atoms with van der Waals surface area (Å²) in [5.74, 6) is 0.914. The van der Waals surface area contributed by atoms with E-state index in [2.05, 4.69) is 0 Å². The van der Waals surface area contributed by atoms with Crippen LogP contribution in [0.1, 0.15) is 6.42 Å². The molecule has 1 fully saturated rings. The van der Waals surface area contributed by atoms with Crippen LogP contribution in [0.15, 0.2) is 0 Å². The number of hydrogen-bond acceptors (Lipinski definition) is 3. The molecular weight excluding hydrogens is 152 g/mol. The van der Waals surface area contributed by atoms with E-state index < -0.39 is 9.84 Å². The summed E-state index contributed by atoms with van der Waals surface area (Å²) in [5, 5.41) is 0. The Morgan fingerprint density at radius 2 is 2.30 bits per heavy atom. The van der Waals surface area contributed by atoms with Crippen LogP contribution in [0.4, 0.5) is 0 Å². The summed E-state index contributed by atoms with van der Waals surface area (Å²) >= 11 is 0. The molecule has 1 aliphatic rings. The Balaban J connectivity index is 2.44. The fraction of sp³-hybridized carbons (Fsp3) is 1.00. The molecule has 0 N–H and O–H groups in total. The number of methoxy groups -OCH3 is 1. The summed E-state index contributed by atoms with van der Waals surface area (Å²) in [6, 6.07) is 0. The van der Waals surface area contributed by atoms with E-state index in [1.54, 1.807) is 7.11 Å². The van der Waals surface area contributed by atoms with Gasteiger partial charge in [-0.2, -0.15) is 0 Å². The van der Waals surface area contributed by atoms with Gasteiger partial charge in [-0.25, -0.2) is 8.42 Å². The highest BCUT2D eigenvalue weighted by Gasteiger charge is 2.27. The minimum atomic E-state index is -2.70. The molecule has 0 saturated carbocycles. The van der Waals surface area contributed by atoms with E-state index in [1.807, 2.05) is 0 Å². The van der Waals surface area contributed by atoms with E-state index in [0.717, 1.165) is 6.42 Å². The SMILES string of the molecule is COCC1CCS(=O)(=O)C1. The Morgan fingerprint density at radius 1 is 1.60 bits per heavy atom. The molecule has 0 aromatic rings. The second-order valence-electron chi connectivity index (χ2n) is 2.72. The maximum atomic E-state index is 10.9. The molecule has 4 heteroatoms. The lowest BCUT2D eigenvalue weighted by Crippen LogP contribution is -2.09. The molecule has 1 aliphatic heterocycles. The van der Waals surface area contributed by atoms with Gasteiger partial charge in [-0.3, -0.25) is 0 Å². The van der Waals surface area contributed by atoms with Crippen LogP contribution in [0.25, 0.3) is 0 Å². The van der Waals surface area contributed by atoms with Gasteiger partial charge in [-0.1, -0.05) is 0 Å². The van der Waals surface area contributed by atoms with Crippen LogP contribution in [0.5, 0.6) is 0 Å². The van der Waals surface area contributed by atoms with E-state index in [-0.39, 0.29) is 5.92 Å². The van der Waals surface area contributed by atoms with E-state index in [1.165, 1.54) is 0 Å². The lowest BCUT2D eigenvalue weighted by molar-refractivity contribution is 0.162. The molecular formula is C6H12O3S. The Hall–Kier alpha value is -0.0900. The molecule has 1 saturated heterocycles. The molecule has 0 aromatic heterocycles. The van der Waals surface area contributed by atoms with E-state index in [9.17, 15) is 8.42 Å². The summed E-state index contributed by atoms with van der Waals surface area (Å²) in [6.45, 7) is 0.583. The van der Waals surface area contributed by atoms with Crippen molar-refractivity contribution >= 4 is 9.84 Å². The van der Waals surface area contributed by atoms with Crippen molar-refractivity contribution in [1.82, 2.24) is 0 Å². The van der Waals surface area contributed by atoms with Gasteiger partial charge < -0.3 is 4.74 Å². The molecule has 10 heavy (non-hydrogen) atoms. The molecule has 0 aliphatic carbocycles. The monoisotopic (exact) mass is 164 g/mol. The van der Waals surface area contributed by atoms with Crippen LogP contribution in [0.2, 0.25) is 0 Å². The summed E-state index contributed by atoms with van der Waals surface area (Å²) in [5.41, 5.74) is 0.